The van der Waals surface area contributed by atoms with Crippen molar-refractivity contribution in [3.8, 4) is 0 Å². The highest BCUT2D eigenvalue weighted by molar-refractivity contribution is 6.21. The smallest absolute Gasteiger partial charge is 0.338 e. The lowest BCUT2D eigenvalue weighted by Crippen LogP contribution is -2.35. The van der Waals surface area contributed by atoms with Gasteiger partial charge in [-0.25, -0.2) is 0 Å². The van der Waals surface area contributed by atoms with Crippen LogP contribution in [0.5, 0.6) is 0 Å². The van der Waals surface area contributed by atoms with E-state index in [0.717, 1.165) is 11.0 Å². The average Bonchev–Trinajstić information content (AvgIpc) is 3.14. The van der Waals surface area contributed by atoms with Crippen LogP contribution in [0, 0.1) is 5.92 Å². The van der Waals surface area contributed by atoms with Crippen molar-refractivity contribution in [3.05, 3.63) is 70.8 Å². The number of hydrogen-bond donors (Lipinski definition) is 0. The monoisotopic (exact) mass is 402 g/mol. The van der Waals surface area contributed by atoms with E-state index in [1.807, 2.05) is 0 Å². The number of imide groups is 1. The zero-order chi connectivity index (χ0) is 20.8. The fourth-order valence-electron chi connectivity index (χ4n) is 3.93. The third-order valence-corrected chi connectivity index (χ3v) is 5.30. The fraction of sp³-hybridized carbons (Fsp3) is 0.286. The van der Waals surface area contributed by atoms with Gasteiger partial charge < -0.3 is 4.90 Å². The molecule has 3 amide bonds. The number of carbonyl (C=O) groups excluding carboxylic acids is 3. The van der Waals surface area contributed by atoms with E-state index < -0.39 is 23.6 Å². The second-order valence-electron chi connectivity index (χ2n) is 7.27. The van der Waals surface area contributed by atoms with E-state index in [9.17, 15) is 27.6 Å². The molecular formula is C21H17F3N2O3. The van der Waals surface area contributed by atoms with Crippen LogP contribution in [0.25, 0.3) is 0 Å². The summed E-state index contributed by atoms with van der Waals surface area (Å²) in [5.41, 5.74) is -0.0816. The summed E-state index contributed by atoms with van der Waals surface area (Å²) in [5.74, 6) is -1.41. The number of benzene rings is 2. The van der Waals surface area contributed by atoms with Crippen LogP contribution < -0.4 is 0 Å². The molecule has 0 N–H and O–H groups in total. The molecule has 2 aliphatic heterocycles. The van der Waals surface area contributed by atoms with Gasteiger partial charge in [0, 0.05) is 32.0 Å². The molecule has 2 aliphatic rings. The molecule has 0 aliphatic carbocycles. The van der Waals surface area contributed by atoms with Gasteiger partial charge in [-0.3, -0.25) is 19.3 Å². The number of nitrogens with zero attached hydrogens (tertiary/aromatic N) is 2. The Balaban J connectivity index is 1.46. The molecule has 150 valence electrons. The van der Waals surface area contributed by atoms with E-state index in [-0.39, 0.29) is 43.4 Å². The Morgan fingerprint density at radius 3 is 2.10 bits per heavy atom. The van der Waals surface area contributed by atoms with Crippen LogP contribution in [0.3, 0.4) is 0 Å². The number of fused-ring (bicyclic) bond motifs is 1. The van der Waals surface area contributed by atoms with Crippen LogP contribution in [0.2, 0.25) is 0 Å². The Kier molecular flexibility index (Phi) is 4.64. The lowest BCUT2D eigenvalue weighted by molar-refractivity contribution is -0.139. The van der Waals surface area contributed by atoms with Crippen molar-refractivity contribution < 1.29 is 27.6 Å². The highest BCUT2D eigenvalue weighted by Crippen LogP contribution is 2.33. The first-order chi connectivity index (χ1) is 13.8. The standard InChI is InChI=1S/C21H17F3N2O3/c22-21(23,24)17-8-4-1-5-14(17)12-25-10-13(9-18(25)27)11-26-19(28)15-6-2-3-7-16(15)20(26)29/h1-8,13H,9-12H2. The van der Waals surface area contributed by atoms with E-state index in [0.29, 0.717) is 11.1 Å². The molecule has 0 aromatic heterocycles. The van der Waals surface area contributed by atoms with Gasteiger partial charge in [0.05, 0.1) is 16.7 Å². The van der Waals surface area contributed by atoms with Gasteiger partial charge >= 0.3 is 6.18 Å². The molecule has 0 radical (unpaired) electrons. The summed E-state index contributed by atoms with van der Waals surface area (Å²) in [6, 6.07) is 11.7. The predicted molar refractivity (Wildman–Crippen MR) is 96.8 cm³/mol. The molecule has 0 saturated carbocycles. The van der Waals surface area contributed by atoms with Crippen molar-refractivity contribution in [1.82, 2.24) is 9.80 Å². The minimum atomic E-state index is -4.50. The van der Waals surface area contributed by atoms with E-state index in [2.05, 4.69) is 0 Å². The molecule has 29 heavy (non-hydrogen) atoms. The van der Waals surface area contributed by atoms with Gasteiger partial charge in [-0.1, -0.05) is 30.3 Å². The van der Waals surface area contributed by atoms with Crippen LogP contribution in [0.15, 0.2) is 48.5 Å². The Labute approximate surface area is 164 Å². The molecule has 2 aromatic carbocycles. The van der Waals surface area contributed by atoms with Gasteiger partial charge in [0.25, 0.3) is 11.8 Å². The Bertz CT molecular complexity index is 968. The zero-order valence-electron chi connectivity index (χ0n) is 15.3. The van der Waals surface area contributed by atoms with Crippen molar-refractivity contribution in [2.75, 3.05) is 13.1 Å². The second-order valence-corrected chi connectivity index (χ2v) is 7.27. The van der Waals surface area contributed by atoms with Crippen molar-refractivity contribution in [1.29, 1.82) is 0 Å². The van der Waals surface area contributed by atoms with Crippen LogP contribution in [-0.4, -0.2) is 40.6 Å². The topological polar surface area (TPSA) is 57.7 Å². The fourth-order valence-corrected chi connectivity index (χ4v) is 3.93. The molecule has 0 spiro atoms. The van der Waals surface area contributed by atoms with Crippen molar-refractivity contribution in [2.45, 2.75) is 19.1 Å². The third-order valence-electron chi connectivity index (χ3n) is 5.30. The van der Waals surface area contributed by atoms with Gasteiger partial charge in [-0.05, 0) is 23.8 Å². The normalized spacial score (nSPS) is 19.3. The number of amides is 3. The lowest BCUT2D eigenvalue weighted by atomic mass is 10.1. The summed E-state index contributed by atoms with van der Waals surface area (Å²) >= 11 is 0. The zero-order valence-corrected chi connectivity index (χ0v) is 15.3. The summed E-state index contributed by atoms with van der Waals surface area (Å²) in [7, 11) is 0. The van der Waals surface area contributed by atoms with Crippen LogP contribution in [0.1, 0.15) is 38.3 Å². The number of alkyl halides is 3. The first kappa shape index (κ1) is 19.2. The van der Waals surface area contributed by atoms with E-state index in [1.54, 1.807) is 24.3 Å². The van der Waals surface area contributed by atoms with Crippen LogP contribution in [0.4, 0.5) is 13.2 Å². The summed E-state index contributed by atoms with van der Waals surface area (Å²) in [4.78, 5) is 39.8. The molecule has 8 heteroatoms. The Morgan fingerprint density at radius 1 is 0.897 bits per heavy atom. The number of likely N-dealkylation sites (tertiary alicyclic amines) is 1. The summed E-state index contributed by atoms with van der Waals surface area (Å²) in [6.07, 6.45) is -4.42. The highest BCUT2D eigenvalue weighted by atomic mass is 19.4. The lowest BCUT2D eigenvalue weighted by Gasteiger charge is -2.21. The SMILES string of the molecule is O=C1CC(CN2C(=O)c3ccccc3C2=O)CN1Cc1ccccc1C(F)(F)F. The van der Waals surface area contributed by atoms with E-state index in [1.165, 1.54) is 23.1 Å². The molecule has 0 bridgehead atoms. The van der Waals surface area contributed by atoms with Crippen molar-refractivity contribution >= 4 is 17.7 Å². The quantitative estimate of drug-likeness (QED) is 0.737. The molecule has 1 saturated heterocycles. The molecule has 2 aromatic rings. The van der Waals surface area contributed by atoms with Crippen molar-refractivity contribution in [3.63, 3.8) is 0 Å². The summed E-state index contributed by atoms with van der Waals surface area (Å²) in [6.45, 7) is 0.0983. The van der Waals surface area contributed by atoms with Gasteiger partial charge in [-0.15, -0.1) is 0 Å². The highest BCUT2D eigenvalue weighted by Gasteiger charge is 2.40. The van der Waals surface area contributed by atoms with Gasteiger partial charge in [0.2, 0.25) is 5.91 Å². The Morgan fingerprint density at radius 2 is 1.48 bits per heavy atom. The first-order valence-corrected chi connectivity index (χ1v) is 9.14. The maximum Gasteiger partial charge on any atom is 0.416 e. The largest absolute Gasteiger partial charge is 0.416 e. The molecule has 5 nitrogen and oxygen atoms in total. The molecule has 4 rings (SSSR count). The maximum absolute atomic E-state index is 13.2. The Hall–Kier alpha value is -3.16. The molecule has 1 fully saturated rings. The van der Waals surface area contributed by atoms with E-state index in [4.69, 9.17) is 0 Å². The van der Waals surface area contributed by atoms with Crippen LogP contribution >= 0.6 is 0 Å². The number of hydrogen-bond acceptors (Lipinski definition) is 3. The van der Waals surface area contributed by atoms with Crippen molar-refractivity contribution in [2.24, 2.45) is 5.92 Å². The van der Waals surface area contributed by atoms with Gasteiger partial charge in [-0.2, -0.15) is 13.2 Å². The van der Waals surface area contributed by atoms with Gasteiger partial charge in [0.1, 0.15) is 0 Å². The molecular weight excluding hydrogens is 385 g/mol. The van der Waals surface area contributed by atoms with E-state index >= 15 is 0 Å². The average molecular weight is 402 g/mol. The number of halogens is 3. The minimum Gasteiger partial charge on any atom is -0.338 e. The van der Waals surface area contributed by atoms with Crippen LogP contribution in [-0.2, 0) is 17.5 Å². The summed E-state index contributed by atoms with van der Waals surface area (Å²) in [5, 5.41) is 0. The molecule has 1 atom stereocenters. The molecule has 2 heterocycles. The first-order valence-electron chi connectivity index (χ1n) is 9.14. The predicted octanol–water partition coefficient (Wildman–Crippen LogP) is 3.35. The number of carbonyl (C=O) groups is 3. The second kappa shape index (κ2) is 7.02. The maximum atomic E-state index is 13.2. The number of rotatable bonds is 4. The summed E-state index contributed by atoms with van der Waals surface area (Å²) < 4.78 is 39.6. The minimum absolute atomic E-state index is 0.0229. The van der Waals surface area contributed by atoms with Gasteiger partial charge in [0.15, 0.2) is 0 Å². The third kappa shape index (κ3) is 3.50. The molecule has 1 unspecified atom stereocenters.